The number of likely N-dealkylation sites (tertiary alicyclic amines) is 1. The van der Waals surface area contributed by atoms with Crippen LogP contribution in [0.25, 0.3) is 0 Å². The van der Waals surface area contributed by atoms with Crippen LogP contribution in [0.2, 0.25) is 0 Å². The van der Waals surface area contributed by atoms with Crippen LogP contribution in [0.5, 0.6) is 5.75 Å². The number of rotatable bonds is 4. The number of phenols is 1. The van der Waals surface area contributed by atoms with Gasteiger partial charge >= 0.3 is 0 Å². The second-order valence-electron chi connectivity index (χ2n) is 6.10. The van der Waals surface area contributed by atoms with E-state index in [1.807, 2.05) is 23.4 Å². The summed E-state index contributed by atoms with van der Waals surface area (Å²) < 4.78 is 2.16. The minimum absolute atomic E-state index is 0.120. The van der Waals surface area contributed by atoms with E-state index in [4.69, 9.17) is 0 Å². The molecule has 0 unspecified atom stereocenters. The monoisotopic (exact) mass is 313 g/mol. The summed E-state index contributed by atoms with van der Waals surface area (Å²) in [4.78, 5) is 19.0. The molecule has 0 aliphatic carbocycles. The van der Waals surface area contributed by atoms with Crippen molar-refractivity contribution in [3.63, 3.8) is 0 Å². The Morgan fingerprint density at radius 1 is 1.43 bits per heavy atom. The SMILES string of the molecule is CCn1ccnc1[C@H]1CCCN(C(=O)Cc2cccc(O)c2)C1. The number of phenolic OH excluding ortho intramolecular Hbond substituents is 1. The maximum absolute atomic E-state index is 12.6. The standard InChI is InChI=1S/C18H23N3O2/c1-2-20-10-8-19-18(20)15-6-4-9-21(13-15)17(23)12-14-5-3-7-16(22)11-14/h3,5,7-8,10-11,15,22H,2,4,6,9,12-13H2,1H3/t15-/m0/s1. The molecule has 5 heteroatoms. The highest BCUT2D eigenvalue weighted by molar-refractivity contribution is 5.79. The van der Waals surface area contributed by atoms with Crippen LogP contribution in [-0.4, -0.2) is 38.6 Å². The third-order valence-corrected chi connectivity index (χ3v) is 4.49. The number of amides is 1. The Labute approximate surface area is 136 Å². The van der Waals surface area contributed by atoms with Crippen molar-refractivity contribution in [3.05, 3.63) is 48.0 Å². The van der Waals surface area contributed by atoms with Crippen LogP contribution in [0.3, 0.4) is 0 Å². The van der Waals surface area contributed by atoms with Gasteiger partial charge in [-0.05, 0) is 37.5 Å². The number of piperidine rings is 1. The molecule has 0 saturated carbocycles. The summed E-state index contributed by atoms with van der Waals surface area (Å²) in [5.74, 6) is 1.72. The molecule has 1 fully saturated rings. The number of hydrogen-bond acceptors (Lipinski definition) is 3. The molecule has 1 aromatic heterocycles. The zero-order chi connectivity index (χ0) is 16.2. The molecule has 1 aliphatic rings. The first-order valence-electron chi connectivity index (χ1n) is 8.24. The number of imidazole rings is 1. The van der Waals surface area contributed by atoms with Crippen molar-refractivity contribution in [2.45, 2.75) is 38.6 Å². The highest BCUT2D eigenvalue weighted by atomic mass is 16.3. The quantitative estimate of drug-likeness (QED) is 0.944. The van der Waals surface area contributed by atoms with Crippen molar-refractivity contribution in [3.8, 4) is 5.75 Å². The predicted octanol–water partition coefficient (Wildman–Crippen LogP) is 2.56. The Kier molecular flexibility index (Phi) is 4.65. The number of aromatic hydroxyl groups is 1. The molecule has 0 radical (unpaired) electrons. The van der Waals surface area contributed by atoms with Gasteiger partial charge in [0.25, 0.3) is 0 Å². The van der Waals surface area contributed by atoms with E-state index in [2.05, 4.69) is 16.5 Å². The highest BCUT2D eigenvalue weighted by Gasteiger charge is 2.27. The van der Waals surface area contributed by atoms with Crippen LogP contribution in [-0.2, 0) is 17.8 Å². The van der Waals surface area contributed by atoms with Gasteiger partial charge in [0.2, 0.25) is 5.91 Å². The van der Waals surface area contributed by atoms with Crippen LogP contribution < -0.4 is 0 Å². The van der Waals surface area contributed by atoms with Gasteiger partial charge < -0.3 is 14.6 Å². The Balaban J connectivity index is 1.67. The number of benzene rings is 1. The number of nitrogens with zero attached hydrogens (tertiary/aromatic N) is 3. The number of aromatic nitrogens is 2. The van der Waals surface area contributed by atoms with Crippen LogP contribution >= 0.6 is 0 Å². The van der Waals surface area contributed by atoms with Gasteiger partial charge in [-0.3, -0.25) is 4.79 Å². The van der Waals surface area contributed by atoms with E-state index in [1.165, 1.54) is 0 Å². The number of carbonyl (C=O) groups excluding carboxylic acids is 1. The summed E-state index contributed by atoms with van der Waals surface area (Å²) in [6.07, 6.45) is 6.26. The smallest absolute Gasteiger partial charge is 0.227 e. The Morgan fingerprint density at radius 3 is 3.09 bits per heavy atom. The average molecular weight is 313 g/mol. The maximum Gasteiger partial charge on any atom is 0.227 e. The number of carbonyl (C=O) groups is 1. The first-order chi connectivity index (χ1) is 11.2. The summed E-state index contributed by atoms with van der Waals surface area (Å²) in [5, 5.41) is 9.53. The molecule has 0 bridgehead atoms. The fourth-order valence-corrected chi connectivity index (χ4v) is 3.32. The van der Waals surface area contributed by atoms with Gasteiger partial charge in [0.1, 0.15) is 11.6 Å². The lowest BCUT2D eigenvalue weighted by Crippen LogP contribution is -2.40. The molecule has 0 spiro atoms. The third kappa shape index (κ3) is 3.55. The maximum atomic E-state index is 12.6. The topological polar surface area (TPSA) is 58.4 Å². The van der Waals surface area contributed by atoms with Crippen molar-refractivity contribution in [2.75, 3.05) is 13.1 Å². The Hall–Kier alpha value is -2.30. The van der Waals surface area contributed by atoms with E-state index < -0.39 is 0 Å². The fraction of sp³-hybridized carbons (Fsp3) is 0.444. The van der Waals surface area contributed by atoms with Gasteiger partial charge in [-0.15, -0.1) is 0 Å². The minimum Gasteiger partial charge on any atom is -0.508 e. The molecule has 3 rings (SSSR count). The molecule has 1 atom stereocenters. The zero-order valence-electron chi connectivity index (χ0n) is 13.5. The van der Waals surface area contributed by atoms with Crippen molar-refractivity contribution in [2.24, 2.45) is 0 Å². The Bertz CT molecular complexity index is 680. The van der Waals surface area contributed by atoms with Crippen molar-refractivity contribution < 1.29 is 9.90 Å². The summed E-state index contributed by atoms with van der Waals surface area (Å²) >= 11 is 0. The molecule has 5 nitrogen and oxygen atoms in total. The molecule has 2 heterocycles. The van der Waals surface area contributed by atoms with Crippen molar-refractivity contribution in [1.82, 2.24) is 14.5 Å². The largest absolute Gasteiger partial charge is 0.508 e. The summed E-state index contributed by atoms with van der Waals surface area (Å²) in [5.41, 5.74) is 0.854. The molecule has 1 aromatic carbocycles. The fourth-order valence-electron chi connectivity index (χ4n) is 3.32. The molecule has 1 N–H and O–H groups in total. The Morgan fingerprint density at radius 2 is 2.30 bits per heavy atom. The van der Waals surface area contributed by atoms with Gasteiger partial charge in [0.05, 0.1) is 6.42 Å². The molecular weight excluding hydrogens is 290 g/mol. The van der Waals surface area contributed by atoms with Gasteiger partial charge in [-0.25, -0.2) is 4.98 Å². The van der Waals surface area contributed by atoms with Crippen LogP contribution in [0.15, 0.2) is 36.7 Å². The molecule has 1 amide bonds. The summed E-state index contributed by atoms with van der Waals surface area (Å²) in [6.45, 7) is 4.55. The van der Waals surface area contributed by atoms with Crippen molar-refractivity contribution >= 4 is 5.91 Å². The van der Waals surface area contributed by atoms with E-state index >= 15 is 0 Å². The van der Waals surface area contributed by atoms with Crippen molar-refractivity contribution in [1.29, 1.82) is 0 Å². The van der Waals surface area contributed by atoms with Crippen LogP contribution in [0, 0.1) is 0 Å². The van der Waals surface area contributed by atoms with Gasteiger partial charge in [0.15, 0.2) is 0 Å². The number of aryl methyl sites for hydroxylation is 1. The first kappa shape index (κ1) is 15.6. The lowest BCUT2D eigenvalue weighted by atomic mass is 9.96. The van der Waals surface area contributed by atoms with E-state index in [0.717, 1.165) is 43.9 Å². The normalized spacial score (nSPS) is 18.1. The molecule has 23 heavy (non-hydrogen) atoms. The lowest BCUT2D eigenvalue weighted by Gasteiger charge is -2.32. The lowest BCUT2D eigenvalue weighted by molar-refractivity contribution is -0.131. The average Bonchev–Trinajstić information content (AvgIpc) is 3.03. The predicted molar refractivity (Wildman–Crippen MR) is 88.3 cm³/mol. The zero-order valence-corrected chi connectivity index (χ0v) is 13.5. The van der Waals surface area contributed by atoms with Gasteiger partial charge in [-0.2, -0.15) is 0 Å². The highest BCUT2D eigenvalue weighted by Crippen LogP contribution is 2.26. The van der Waals surface area contributed by atoms with E-state index in [9.17, 15) is 9.90 Å². The second kappa shape index (κ2) is 6.86. The first-order valence-corrected chi connectivity index (χ1v) is 8.24. The third-order valence-electron chi connectivity index (χ3n) is 4.49. The molecule has 1 saturated heterocycles. The molecule has 2 aromatic rings. The van der Waals surface area contributed by atoms with E-state index in [0.29, 0.717) is 12.3 Å². The second-order valence-corrected chi connectivity index (χ2v) is 6.10. The van der Waals surface area contributed by atoms with Crippen LogP contribution in [0.4, 0.5) is 0 Å². The molecule has 1 aliphatic heterocycles. The summed E-state index contributed by atoms with van der Waals surface area (Å²) in [6, 6.07) is 6.93. The number of hydrogen-bond donors (Lipinski definition) is 1. The molecule has 122 valence electrons. The molecular formula is C18H23N3O2. The minimum atomic E-state index is 0.120. The van der Waals surface area contributed by atoms with E-state index in [-0.39, 0.29) is 11.7 Å². The van der Waals surface area contributed by atoms with Gasteiger partial charge in [0, 0.05) is 37.9 Å². The van der Waals surface area contributed by atoms with Crippen LogP contribution in [0.1, 0.15) is 37.1 Å². The van der Waals surface area contributed by atoms with E-state index in [1.54, 1.807) is 18.2 Å². The van der Waals surface area contributed by atoms with Gasteiger partial charge in [-0.1, -0.05) is 12.1 Å². The summed E-state index contributed by atoms with van der Waals surface area (Å²) in [7, 11) is 0.